The van der Waals surface area contributed by atoms with E-state index in [1.54, 1.807) is 0 Å². The van der Waals surface area contributed by atoms with Crippen molar-refractivity contribution in [3.05, 3.63) is 54.4 Å². The molecule has 0 spiro atoms. The van der Waals surface area contributed by atoms with Crippen LogP contribution in [0, 0.1) is 0 Å². The van der Waals surface area contributed by atoms with Crippen molar-refractivity contribution in [2.75, 3.05) is 12.4 Å². The lowest BCUT2D eigenvalue weighted by Gasteiger charge is -2.21. The fourth-order valence-corrected chi connectivity index (χ4v) is 3.61. The van der Waals surface area contributed by atoms with Crippen molar-refractivity contribution < 1.29 is 9.21 Å². The minimum Gasteiger partial charge on any atom is -0.438 e. The van der Waals surface area contributed by atoms with Crippen molar-refractivity contribution in [3.8, 4) is 11.1 Å². The number of likely N-dealkylation sites (tertiary alicyclic amines) is 1. The van der Waals surface area contributed by atoms with Crippen molar-refractivity contribution in [1.29, 1.82) is 0 Å². The van der Waals surface area contributed by atoms with Gasteiger partial charge in [0.15, 0.2) is 5.58 Å². The first-order chi connectivity index (χ1) is 12.3. The summed E-state index contributed by atoms with van der Waals surface area (Å²) in [6.45, 7) is 0.744. The van der Waals surface area contributed by atoms with Crippen LogP contribution in [0.2, 0.25) is 0 Å². The first-order valence-corrected chi connectivity index (χ1v) is 9.11. The highest BCUT2D eigenvalue weighted by atomic mass is 35.5. The second-order valence-electron chi connectivity index (χ2n) is 6.28. The number of amides is 1. The third kappa shape index (κ3) is 3.14. The zero-order valence-electron chi connectivity index (χ0n) is 13.8. The predicted octanol–water partition coefficient (Wildman–Crippen LogP) is 4.79. The average Bonchev–Trinajstić information content (AvgIpc) is 3.28. The number of benzene rings is 2. The standard InChI is InChI=1S/C20H19ClN2O2/c21-11-10-19(24)23-12-4-7-17(23)20-22-16-13-15(8-9-18(16)25-20)14-5-2-1-3-6-14/h1-3,5-6,8-9,13,17H,4,7,10-12H2/t17-/m1/s1. The quantitative estimate of drug-likeness (QED) is 0.633. The Kier molecular flexibility index (Phi) is 4.45. The molecule has 1 atom stereocenters. The molecular weight excluding hydrogens is 336 g/mol. The number of carbonyl (C=O) groups excluding carboxylic acids is 1. The van der Waals surface area contributed by atoms with Crippen LogP contribution < -0.4 is 0 Å². The summed E-state index contributed by atoms with van der Waals surface area (Å²) in [5, 5.41) is 0. The fraction of sp³-hybridized carbons (Fsp3) is 0.300. The van der Waals surface area contributed by atoms with Gasteiger partial charge in [-0.25, -0.2) is 4.98 Å². The maximum atomic E-state index is 12.3. The van der Waals surface area contributed by atoms with E-state index in [0.717, 1.165) is 41.6 Å². The number of aromatic nitrogens is 1. The first-order valence-electron chi connectivity index (χ1n) is 8.57. The lowest BCUT2D eigenvalue weighted by molar-refractivity contribution is -0.132. The minimum absolute atomic E-state index is 0.0738. The summed E-state index contributed by atoms with van der Waals surface area (Å²) >= 11 is 5.72. The molecule has 2 heterocycles. The predicted molar refractivity (Wildman–Crippen MR) is 98.5 cm³/mol. The molecule has 0 bridgehead atoms. The molecule has 25 heavy (non-hydrogen) atoms. The van der Waals surface area contributed by atoms with Crippen molar-refractivity contribution in [3.63, 3.8) is 0 Å². The van der Waals surface area contributed by atoms with Crippen molar-refractivity contribution in [2.45, 2.75) is 25.3 Å². The molecule has 1 fully saturated rings. The average molecular weight is 355 g/mol. The van der Waals surface area contributed by atoms with E-state index >= 15 is 0 Å². The number of carbonyl (C=O) groups is 1. The molecule has 0 unspecified atom stereocenters. The molecule has 5 heteroatoms. The van der Waals surface area contributed by atoms with Crippen LogP contribution in [-0.4, -0.2) is 28.2 Å². The van der Waals surface area contributed by atoms with E-state index in [0.29, 0.717) is 18.2 Å². The highest BCUT2D eigenvalue weighted by Crippen LogP contribution is 2.34. The highest BCUT2D eigenvalue weighted by Gasteiger charge is 2.33. The Hall–Kier alpha value is -2.33. The van der Waals surface area contributed by atoms with Gasteiger partial charge >= 0.3 is 0 Å². The van der Waals surface area contributed by atoms with Gasteiger partial charge in [0, 0.05) is 18.8 Å². The Balaban J connectivity index is 1.66. The molecule has 3 aromatic rings. The van der Waals surface area contributed by atoms with Crippen LogP contribution in [-0.2, 0) is 4.79 Å². The summed E-state index contributed by atoms with van der Waals surface area (Å²) < 4.78 is 5.96. The summed E-state index contributed by atoms with van der Waals surface area (Å²) in [5.41, 5.74) is 3.84. The maximum Gasteiger partial charge on any atom is 0.224 e. The number of oxazole rings is 1. The largest absolute Gasteiger partial charge is 0.438 e. The zero-order valence-corrected chi connectivity index (χ0v) is 14.6. The Morgan fingerprint density at radius 2 is 2.04 bits per heavy atom. The number of alkyl halides is 1. The van der Waals surface area contributed by atoms with Crippen LogP contribution in [0.25, 0.3) is 22.2 Å². The monoisotopic (exact) mass is 354 g/mol. The molecule has 0 saturated carbocycles. The van der Waals surface area contributed by atoms with Gasteiger partial charge in [-0.2, -0.15) is 0 Å². The third-order valence-electron chi connectivity index (χ3n) is 4.68. The summed E-state index contributed by atoms with van der Waals surface area (Å²) in [6, 6.07) is 16.1. The molecule has 4 nitrogen and oxygen atoms in total. The van der Waals surface area contributed by atoms with Crippen LogP contribution in [0.4, 0.5) is 0 Å². The van der Waals surface area contributed by atoms with Gasteiger partial charge in [0.25, 0.3) is 0 Å². The van der Waals surface area contributed by atoms with E-state index in [1.807, 2.05) is 41.3 Å². The maximum absolute atomic E-state index is 12.3. The minimum atomic E-state index is -0.0803. The number of fused-ring (bicyclic) bond motifs is 1. The van der Waals surface area contributed by atoms with Crippen LogP contribution in [0.5, 0.6) is 0 Å². The van der Waals surface area contributed by atoms with E-state index in [4.69, 9.17) is 16.0 Å². The van der Waals surface area contributed by atoms with E-state index in [-0.39, 0.29) is 11.9 Å². The van der Waals surface area contributed by atoms with Gasteiger partial charge in [0.2, 0.25) is 11.8 Å². The summed E-state index contributed by atoms with van der Waals surface area (Å²) in [5.74, 6) is 1.04. The topological polar surface area (TPSA) is 46.3 Å². The summed E-state index contributed by atoms with van der Waals surface area (Å²) in [4.78, 5) is 18.8. The van der Waals surface area contributed by atoms with Gasteiger partial charge in [-0.3, -0.25) is 4.79 Å². The van der Waals surface area contributed by atoms with Gasteiger partial charge in [-0.1, -0.05) is 36.4 Å². The SMILES string of the molecule is O=C(CCCl)N1CCC[C@@H]1c1nc2cc(-c3ccccc3)ccc2o1. The number of nitrogens with zero attached hydrogens (tertiary/aromatic N) is 2. The van der Waals surface area contributed by atoms with E-state index in [1.165, 1.54) is 0 Å². The van der Waals surface area contributed by atoms with E-state index < -0.39 is 0 Å². The second-order valence-corrected chi connectivity index (χ2v) is 6.66. The Morgan fingerprint density at radius 3 is 2.84 bits per heavy atom. The number of halogens is 1. The Labute approximate surface area is 151 Å². The normalized spacial score (nSPS) is 17.3. The van der Waals surface area contributed by atoms with E-state index in [9.17, 15) is 4.79 Å². The summed E-state index contributed by atoms with van der Waals surface area (Å²) in [7, 11) is 0. The van der Waals surface area contributed by atoms with Crippen LogP contribution in [0.1, 0.15) is 31.2 Å². The number of hydrogen-bond donors (Lipinski definition) is 0. The van der Waals surface area contributed by atoms with Crippen LogP contribution in [0.3, 0.4) is 0 Å². The third-order valence-corrected chi connectivity index (χ3v) is 4.87. The van der Waals surface area contributed by atoms with Gasteiger partial charge in [-0.15, -0.1) is 11.6 Å². The van der Waals surface area contributed by atoms with Crippen molar-refractivity contribution >= 4 is 28.6 Å². The molecule has 0 aliphatic carbocycles. The molecule has 128 valence electrons. The van der Waals surface area contributed by atoms with E-state index in [2.05, 4.69) is 17.1 Å². The lowest BCUT2D eigenvalue weighted by atomic mass is 10.1. The molecule has 0 radical (unpaired) electrons. The molecule has 1 amide bonds. The number of hydrogen-bond acceptors (Lipinski definition) is 3. The molecule has 1 aliphatic heterocycles. The molecule has 0 N–H and O–H groups in total. The lowest BCUT2D eigenvalue weighted by Crippen LogP contribution is -2.30. The second kappa shape index (κ2) is 6.89. The van der Waals surface area contributed by atoms with Crippen LogP contribution in [0.15, 0.2) is 52.9 Å². The Morgan fingerprint density at radius 1 is 1.20 bits per heavy atom. The highest BCUT2D eigenvalue weighted by molar-refractivity contribution is 6.18. The number of rotatable bonds is 4. The molecular formula is C20H19ClN2O2. The van der Waals surface area contributed by atoms with Crippen molar-refractivity contribution in [1.82, 2.24) is 9.88 Å². The van der Waals surface area contributed by atoms with Gasteiger partial charge in [0.1, 0.15) is 11.6 Å². The molecule has 1 aliphatic rings. The van der Waals surface area contributed by atoms with Crippen molar-refractivity contribution in [2.24, 2.45) is 0 Å². The smallest absolute Gasteiger partial charge is 0.224 e. The van der Waals surface area contributed by atoms with Gasteiger partial charge < -0.3 is 9.32 Å². The molecule has 1 aromatic heterocycles. The molecule has 4 rings (SSSR count). The first kappa shape index (κ1) is 16.2. The fourth-order valence-electron chi connectivity index (χ4n) is 3.44. The van der Waals surface area contributed by atoms with Gasteiger partial charge in [0.05, 0.1) is 0 Å². The molecule has 1 saturated heterocycles. The zero-order chi connectivity index (χ0) is 17.2. The summed E-state index contributed by atoms with van der Waals surface area (Å²) in [6.07, 6.45) is 2.20. The van der Waals surface area contributed by atoms with Crippen LogP contribution >= 0.6 is 11.6 Å². The van der Waals surface area contributed by atoms with Gasteiger partial charge in [-0.05, 0) is 36.1 Å². The molecule has 2 aromatic carbocycles. The Bertz CT molecular complexity index is 891.